The second-order valence-corrected chi connectivity index (χ2v) is 5.28. The van der Waals surface area contributed by atoms with Crippen molar-refractivity contribution in [1.82, 2.24) is 4.98 Å². The molecule has 22 heavy (non-hydrogen) atoms. The molecule has 4 heteroatoms. The van der Waals surface area contributed by atoms with E-state index in [-0.39, 0.29) is 18.3 Å². The Morgan fingerprint density at radius 1 is 1.00 bits per heavy atom. The number of hydrogen-bond acceptors (Lipinski definition) is 4. The zero-order chi connectivity index (χ0) is 15.8. The van der Waals surface area contributed by atoms with E-state index in [2.05, 4.69) is 4.98 Å². The van der Waals surface area contributed by atoms with Crippen LogP contribution in [0.25, 0.3) is 11.1 Å². The fraction of sp³-hybridized carbons (Fsp3) is 0.333. The highest BCUT2D eigenvalue weighted by Crippen LogP contribution is 2.21. The van der Waals surface area contributed by atoms with Crippen molar-refractivity contribution in [3.8, 4) is 16.9 Å². The van der Waals surface area contributed by atoms with Gasteiger partial charge in [0.25, 0.3) is 0 Å². The van der Waals surface area contributed by atoms with Crippen LogP contribution < -0.4 is 4.74 Å². The molecule has 0 saturated heterocycles. The quantitative estimate of drug-likeness (QED) is 0.701. The maximum absolute atomic E-state index is 11.4. The molecule has 2 aromatic rings. The fourth-order valence-electron chi connectivity index (χ4n) is 1.85. The Balaban J connectivity index is 1.74. The molecule has 1 heterocycles. The number of rotatable bonds is 8. The SMILES string of the molecule is CC(C)C(=O)COCCOc1ccc(-c2ccncc2)cc1. The number of ketones is 1. The van der Waals surface area contributed by atoms with E-state index in [9.17, 15) is 4.79 Å². The summed E-state index contributed by atoms with van der Waals surface area (Å²) in [4.78, 5) is 15.4. The molecule has 0 aliphatic heterocycles. The molecule has 0 bridgehead atoms. The Labute approximate surface area is 131 Å². The molecule has 116 valence electrons. The van der Waals surface area contributed by atoms with E-state index < -0.39 is 0 Å². The van der Waals surface area contributed by atoms with Crippen LogP contribution in [0.4, 0.5) is 0 Å². The highest BCUT2D eigenvalue weighted by molar-refractivity contribution is 5.81. The summed E-state index contributed by atoms with van der Waals surface area (Å²) in [6.45, 7) is 4.73. The van der Waals surface area contributed by atoms with Gasteiger partial charge in [-0.25, -0.2) is 0 Å². The van der Waals surface area contributed by atoms with Gasteiger partial charge in [-0.2, -0.15) is 0 Å². The minimum absolute atomic E-state index is 0.0154. The van der Waals surface area contributed by atoms with Crippen LogP contribution in [0.1, 0.15) is 13.8 Å². The van der Waals surface area contributed by atoms with Crippen molar-refractivity contribution in [1.29, 1.82) is 0 Å². The number of nitrogens with zero attached hydrogens (tertiary/aromatic N) is 1. The summed E-state index contributed by atoms with van der Waals surface area (Å²) >= 11 is 0. The van der Waals surface area contributed by atoms with Gasteiger partial charge in [-0.3, -0.25) is 9.78 Å². The highest BCUT2D eigenvalue weighted by Gasteiger charge is 2.06. The Hall–Kier alpha value is -2.20. The predicted molar refractivity (Wildman–Crippen MR) is 85.8 cm³/mol. The predicted octanol–water partition coefficient (Wildman–Crippen LogP) is 3.37. The van der Waals surface area contributed by atoms with Gasteiger partial charge in [0.15, 0.2) is 5.78 Å². The molecule has 0 spiro atoms. The van der Waals surface area contributed by atoms with E-state index in [1.165, 1.54) is 0 Å². The van der Waals surface area contributed by atoms with Crippen LogP contribution in [0.15, 0.2) is 48.8 Å². The minimum Gasteiger partial charge on any atom is -0.491 e. The van der Waals surface area contributed by atoms with Gasteiger partial charge in [-0.1, -0.05) is 26.0 Å². The van der Waals surface area contributed by atoms with Gasteiger partial charge >= 0.3 is 0 Å². The molecule has 0 atom stereocenters. The van der Waals surface area contributed by atoms with E-state index in [0.717, 1.165) is 16.9 Å². The molecular weight excluding hydrogens is 278 g/mol. The van der Waals surface area contributed by atoms with Crippen LogP contribution in [0.2, 0.25) is 0 Å². The highest BCUT2D eigenvalue weighted by atomic mass is 16.5. The van der Waals surface area contributed by atoms with Crippen LogP contribution in [0, 0.1) is 5.92 Å². The minimum atomic E-state index is 0.0154. The Morgan fingerprint density at radius 2 is 1.64 bits per heavy atom. The number of benzene rings is 1. The van der Waals surface area contributed by atoms with Crippen molar-refractivity contribution in [2.75, 3.05) is 19.8 Å². The Bertz CT molecular complexity index is 579. The number of pyridine rings is 1. The molecule has 0 N–H and O–H groups in total. The van der Waals surface area contributed by atoms with Crippen LogP contribution in [-0.2, 0) is 9.53 Å². The number of carbonyl (C=O) groups excluding carboxylic acids is 1. The lowest BCUT2D eigenvalue weighted by molar-refractivity contribution is -0.126. The summed E-state index contributed by atoms with van der Waals surface area (Å²) in [6.07, 6.45) is 3.55. The lowest BCUT2D eigenvalue weighted by Gasteiger charge is -2.08. The summed E-state index contributed by atoms with van der Waals surface area (Å²) in [5.74, 6) is 0.917. The van der Waals surface area contributed by atoms with E-state index in [4.69, 9.17) is 9.47 Å². The number of carbonyl (C=O) groups is 1. The van der Waals surface area contributed by atoms with Gasteiger partial charge in [0.05, 0.1) is 6.61 Å². The van der Waals surface area contributed by atoms with Crippen LogP contribution in [0.5, 0.6) is 5.75 Å². The Morgan fingerprint density at radius 3 is 2.27 bits per heavy atom. The Kier molecular flexibility index (Phi) is 6.10. The number of aromatic nitrogens is 1. The van der Waals surface area contributed by atoms with Gasteiger partial charge in [-0.05, 0) is 35.4 Å². The van der Waals surface area contributed by atoms with Crippen molar-refractivity contribution in [3.05, 3.63) is 48.8 Å². The molecule has 0 aliphatic rings. The number of Topliss-reactive ketones (excluding diaryl/α,β-unsaturated/α-hetero) is 1. The molecule has 1 aromatic carbocycles. The topological polar surface area (TPSA) is 48.4 Å². The standard InChI is InChI=1S/C18H21NO3/c1-14(2)18(20)13-21-11-12-22-17-5-3-15(4-6-17)16-7-9-19-10-8-16/h3-10,14H,11-13H2,1-2H3. The van der Waals surface area contributed by atoms with Crippen molar-refractivity contribution in [2.45, 2.75) is 13.8 Å². The zero-order valence-electron chi connectivity index (χ0n) is 13.0. The largest absolute Gasteiger partial charge is 0.491 e. The first-order valence-electron chi connectivity index (χ1n) is 7.40. The molecule has 1 aromatic heterocycles. The third kappa shape index (κ3) is 4.97. The van der Waals surface area contributed by atoms with Gasteiger partial charge in [0.2, 0.25) is 0 Å². The molecule has 0 unspecified atom stereocenters. The molecule has 0 aliphatic carbocycles. The van der Waals surface area contributed by atoms with E-state index in [0.29, 0.717) is 13.2 Å². The number of hydrogen-bond donors (Lipinski definition) is 0. The van der Waals surface area contributed by atoms with Crippen molar-refractivity contribution in [3.63, 3.8) is 0 Å². The maximum Gasteiger partial charge on any atom is 0.160 e. The summed E-state index contributed by atoms with van der Waals surface area (Å²) < 4.78 is 10.9. The second-order valence-electron chi connectivity index (χ2n) is 5.28. The van der Waals surface area contributed by atoms with Crippen LogP contribution >= 0.6 is 0 Å². The second kappa shape index (κ2) is 8.29. The van der Waals surface area contributed by atoms with E-state index in [1.807, 2.05) is 50.2 Å². The first-order valence-corrected chi connectivity index (χ1v) is 7.40. The molecule has 0 fully saturated rings. The first kappa shape index (κ1) is 16.2. The lowest BCUT2D eigenvalue weighted by Crippen LogP contribution is -2.17. The van der Waals surface area contributed by atoms with Crippen LogP contribution in [0.3, 0.4) is 0 Å². The van der Waals surface area contributed by atoms with Crippen molar-refractivity contribution in [2.24, 2.45) is 5.92 Å². The summed E-state index contributed by atoms with van der Waals surface area (Å²) in [5.41, 5.74) is 2.24. The van der Waals surface area contributed by atoms with Crippen molar-refractivity contribution >= 4 is 5.78 Å². The molecule has 4 nitrogen and oxygen atoms in total. The lowest BCUT2D eigenvalue weighted by atomic mass is 10.1. The van der Waals surface area contributed by atoms with E-state index >= 15 is 0 Å². The average Bonchev–Trinajstić information content (AvgIpc) is 2.55. The fourth-order valence-corrected chi connectivity index (χ4v) is 1.85. The summed E-state index contributed by atoms with van der Waals surface area (Å²) in [7, 11) is 0. The maximum atomic E-state index is 11.4. The molecule has 0 saturated carbocycles. The summed E-state index contributed by atoms with van der Waals surface area (Å²) in [5, 5.41) is 0. The average molecular weight is 299 g/mol. The molecule has 0 amide bonds. The monoisotopic (exact) mass is 299 g/mol. The van der Waals surface area contributed by atoms with Gasteiger partial charge in [0.1, 0.15) is 19.0 Å². The third-order valence-electron chi connectivity index (χ3n) is 3.25. The third-order valence-corrected chi connectivity index (χ3v) is 3.25. The zero-order valence-corrected chi connectivity index (χ0v) is 13.0. The van der Waals surface area contributed by atoms with Crippen LogP contribution in [-0.4, -0.2) is 30.6 Å². The molecular formula is C18H21NO3. The molecule has 0 radical (unpaired) electrons. The smallest absolute Gasteiger partial charge is 0.160 e. The summed E-state index contributed by atoms with van der Waals surface area (Å²) in [6, 6.07) is 11.8. The van der Waals surface area contributed by atoms with Gasteiger partial charge in [-0.15, -0.1) is 0 Å². The van der Waals surface area contributed by atoms with Gasteiger partial charge in [0, 0.05) is 18.3 Å². The number of ether oxygens (including phenoxy) is 2. The first-order chi connectivity index (χ1) is 10.7. The molecule has 2 rings (SSSR count). The van der Waals surface area contributed by atoms with E-state index in [1.54, 1.807) is 12.4 Å². The normalized spacial score (nSPS) is 10.7. The van der Waals surface area contributed by atoms with Crippen molar-refractivity contribution < 1.29 is 14.3 Å². The van der Waals surface area contributed by atoms with Gasteiger partial charge < -0.3 is 9.47 Å².